The molecule has 42 heavy (non-hydrogen) atoms. The highest BCUT2D eigenvalue weighted by atomic mass is 35.5. The van der Waals surface area contributed by atoms with Gasteiger partial charge in [0.2, 0.25) is 11.8 Å². The molecule has 0 spiro atoms. The van der Waals surface area contributed by atoms with Gasteiger partial charge in [-0.1, -0.05) is 50.1 Å². The zero-order valence-electron chi connectivity index (χ0n) is 25.2. The molecule has 2 amide bonds. The first-order valence-electron chi connectivity index (χ1n) is 14.2. The lowest BCUT2D eigenvalue weighted by atomic mass is 9.95. The number of benzene rings is 2. The number of nitrogens with zero attached hydrogens (tertiary/aromatic N) is 3. The summed E-state index contributed by atoms with van der Waals surface area (Å²) in [7, 11) is -0.852. The van der Waals surface area contributed by atoms with Crippen molar-refractivity contribution in [3.8, 4) is 11.4 Å². The number of methoxy groups -OCH3 is 1. The van der Waals surface area contributed by atoms with Gasteiger partial charge in [-0.3, -0.25) is 14.2 Å². The van der Waals surface area contributed by atoms with E-state index in [2.05, 4.69) is 34.3 Å². The molecule has 1 unspecified atom stereocenters. The second kappa shape index (κ2) is 15.1. The Bertz CT molecular complexity index is 1380. The number of amides is 2. The van der Waals surface area contributed by atoms with Gasteiger partial charge in [0.1, 0.15) is 17.4 Å². The Morgan fingerprint density at radius 2 is 1.76 bits per heavy atom. The monoisotopic (exact) mass is 611 g/mol. The topological polar surface area (TPSA) is 118 Å². The molecule has 0 radical (unpaired) electrons. The molecule has 0 saturated heterocycles. The molecule has 1 atom stereocenters. The maximum absolute atomic E-state index is 13.0. The van der Waals surface area contributed by atoms with Crippen molar-refractivity contribution in [2.75, 3.05) is 20.2 Å². The van der Waals surface area contributed by atoms with E-state index >= 15 is 0 Å². The maximum Gasteiger partial charge on any atom is 0.220 e. The number of hydrogen-bond donors (Lipinski definition) is 3. The zero-order chi connectivity index (χ0) is 30.9. The number of aryl methyl sites for hydroxylation is 1. The van der Waals surface area contributed by atoms with Crippen molar-refractivity contribution in [3.63, 3.8) is 0 Å². The molecule has 2 aromatic carbocycles. The van der Waals surface area contributed by atoms with Crippen LogP contribution in [0.5, 0.6) is 5.75 Å². The van der Waals surface area contributed by atoms with Crippen molar-refractivity contribution in [2.45, 2.75) is 64.6 Å². The summed E-state index contributed by atoms with van der Waals surface area (Å²) in [6, 6.07) is 13.4. The summed E-state index contributed by atoms with van der Waals surface area (Å²) in [6.45, 7) is 12.4. The third-order valence-electron chi connectivity index (χ3n) is 6.88. The Kier molecular flexibility index (Phi) is 11.9. The van der Waals surface area contributed by atoms with Crippen LogP contribution in [0.4, 0.5) is 0 Å². The Morgan fingerprint density at radius 1 is 1.10 bits per heavy atom. The molecule has 9 nitrogen and oxygen atoms in total. The number of aromatic nitrogens is 3. The van der Waals surface area contributed by atoms with Gasteiger partial charge < -0.3 is 20.2 Å². The molecule has 0 aliphatic carbocycles. The predicted molar refractivity (Wildman–Crippen MR) is 170 cm³/mol. The highest BCUT2D eigenvalue weighted by Gasteiger charge is 2.26. The Labute approximate surface area is 254 Å². The molecule has 0 bridgehead atoms. The Balaban J connectivity index is 1.86. The van der Waals surface area contributed by atoms with Crippen LogP contribution in [0.15, 0.2) is 49.0 Å². The number of unbranched alkanes of at least 4 members (excludes halogenated alkanes) is 1. The molecular weight excluding hydrogens is 570 g/mol. The molecule has 3 aromatic rings. The van der Waals surface area contributed by atoms with Crippen LogP contribution < -0.4 is 15.4 Å². The van der Waals surface area contributed by atoms with E-state index in [4.69, 9.17) is 16.3 Å². The Morgan fingerprint density at radius 3 is 2.38 bits per heavy atom. The third-order valence-corrected chi connectivity index (χ3v) is 8.32. The summed E-state index contributed by atoms with van der Waals surface area (Å²) in [5.74, 6) is 1.57. The van der Waals surface area contributed by atoms with Gasteiger partial charge in [-0.2, -0.15) is 0 Å². The summed E-state index contributed by atoms with van der Waals surface area (Å²) >= 11 is 6.13. The maximum atomic E-state index is 13.0. The van der Waals surface area contributed by atoms with Crippen molar-refractivity contribution in [1.29, 1.82) is 0 Å². The summed E-state index contributed by atoms with van der Waals surface area (Å²) in [4.78, 5) is 35.0. The minimum absolute atomic E-state index is 0.130. The summed E-state index contributed by atoms with van der Waals surface area (Å²) in [6.07, 6.45) is 2.89. The van der Waals surface area contributed by atoms with E-state index in [1.54, 1.807) is 20.2 Å². The number of ether oxygens (including phenoxy) is 1. The van der Waals surface area contributed by atoms with Crippen LogP contribution in [0.2, 0.25) is 24.2 Å². The van der Waals surface area contributed by atoms with Gasteiger partial charge in [0.15, 0.2) is 8.32 Å². The normalized spacial score (nSPS) is 12.1. The molecule has 1 heterocycles. The molecule has 3 rings (SSSR count). The van der Waals surface area contributed by atoms with Gasteiger partial charge in [0, 0.05) is 42.1 Å². The van der Waals surface area contributed by atoms with E-state index in [-0.39, 0.29) is 30.2 Å². The van der Waals surface area contributed by atoms with Gasteiger partial charge in [-0.25, -0.2) is 0 Å². The van der Waals surface area contributed by atoms with E-state index in [0.29, 0.717) is 35.5 Å². The standard InChI is InChI=1S/C31H42ClN5O4Si/c1-7-8-9-24(18-29(38)33-16-17-34-30(39)20-42(5,6)40)31-36-35-22(3)37(31)28-15-14-26(41-4)19-27(28)21(2)23-10-12-25(32)13-11-23/h10-15,19,24,40H,2,7-9,16-18,20H2,1,3-6H3,(H,33,38)(H,34,39). The number of halogens is 1. The first-order valence-corrected chi connectivity index (χ1v) is 17.8. The van der Waals surface area contributed by atoms with E-state index < -0.39 is 8.32 Å². The van der Waals surface area contributed by atoms with Crippen molar-refractivity contribution in [3.05, 3.63) is 76.8 Å². The Hall–Kier alpha value is -3.47. The van der Waals surface area contributed by atoms with Crippen LogP contribution in [0, 0.1) is 6.92 Å². The number of carbonyl (C=O) groups is 2. The predicted octanol–water partition coefficient (Wildman–Crippen LogP) is 5.39. The minimum atomic E-state index is -2.48. The van der Waals surface area contributed by atoms with Crippen molar-refractivity contribution >= 4 is 37.3 Å². The van der Waals surface area contributed by atoms with E-state index in [0.717, 1.165) is 41.6 Å². The molecule has 226 valence electrons. The number of carbonyl (C=O) groups excluding carboxylic acids is 2. The summed E-state index contributed by atoms with van der Waals surface area (Å²) < 4.78 is 7.54. The lowest BCUT2D eigenvalue weighted by Gasteiger charge is -2.21. The number of hydrogen-bond acceptors (Lipinski definition) is 6. The summed E-state index contributed by atoms with van der Waals surface area (Å²) in [5.41, 5.74) is 3.40. The molecule has 1 aromatic heterocycles. The first-order chi connectivity index (χ1) is 19.9. The van der Waals surface area contributed by atoms with Crippen molar-refractivity contribution in [2.24, 2.45) is 0 Å². The van der Waals surface area contributed by atoms with E-state index in [1.165, 1.54) is 0 Å². The van der Waals surface area contributed by atoms with Gasteiger partial charge in [-0.15, -0.1) is 10.2 Å². The number of nitrogens with one attached hydrogen (secondary N) is 2. The second-order valence-corrected chi connectivity index (χ2v) is 15.5. The lowest BCUT2D eigenvalue weighted by Crippen LogP contribution is -2.39. The van der Waals surface area contributed by atoms with E-state index in [1.807, 2.05) is 54.0 Å². The average Bonchev–Trinajstić information content (AvgIpc) is 3.32. The van der Waals surface area contributed by atoms with Crippen molar-refractivity contribution in [1.82, 2.24) is 25.4 Å². The van der Waals surface area contributed by atoms with E-state index in [9.17, 15) is 14.4 Å². The second-order valence-electron chi connectivity index (χ2n) is 11.0. The smallest absolute Gasteiger partial charge is 0.220 e. The first kappa shape index (κ1) is 33.0. The fourth-order valence-electron chi connectivity index (χ4n) is 4.75. The molecule has 0 fully saturated rings. The highest BCUT2D eigenvalue weighted by Crippen LogP contribution is 2.34. The van der Waals surface area contributed by atoms with Crippen LogP contribution in [-0.2, 0) is 9.59 Å². The fourth-order valence-corrected chi connectivity index (χ4v) is 5.79. The van der Waals surface area contributed by atoms with Crippen LogP contribution in [0.25, 0.3) is 11.3 Å². The van der Waals surface area contributed by atoms with Gasteiger partial charge >= 0.3 is 0 Å². The van der Waals surface area contributed by atoms with Crippen LogP contribution in [0.3, 0.4) is 0 Å². The average molecular weight is 612 g/mol. The third kappa shape index (κ3) is 9.27. The quantitative estimate of drug-likeness (QED) is 0.157. The largest absolute Gasteiger partial charge is 0.497 e. The van der Waals surface area contributed by atoms with Crippen LogP contribution in [0.1, 0.15) is 61.3 Å². The SMILES string of the molecule is C=C(c1ccc(Cl)cc1)c1cc(OC)ccc1-n1c(C)nnc1C(CCCC)CC(=O)NCCNC(=O)C[Si](C)(C)O. The molecule has 3 N–H and O–H groups in total. The van der Waals surface area contributed by atoms with Gasteiger partial charge in [0.05, 0.1) is 12.8 Å². The fraction of sp³-hybridized carbons (Fsp3) is 0.419. The van der Waals surface area contributed by atoms with Crippen LogP contribution in [-0.4, -0.2) is 59.9 Å². The highest BCUT2D eigenvalue weighted by molar-refractivity contribution is 6.72. The molecule has 0 saturated carbocycles. The van der Waals surface area contributed by atoms with Crippen LogP contribution >= 0.6 is 11.6 Å². The molecular formula is C31H42ClN5O4Si. The summed E-state index contributed by atoms with van der Waals surface area (Å²) in [5, 5.41) is 15.3. The lowest BCUT2D eigenvalue weighted by molar-refractivity contribution is -0.122. The minimum Gasteiger partial charge on any atom is -0.497 e. The zero-order valence-corrected chi connectivity index (χ0v) is 26.9. The van der Waals surface area contributed by atoms with Gasteiger partial charge in [0.25, 0.3) is 0 Å². The number of rotatable bonds is 15. The van der Waals surface area contributed by atoms with Crippen molar-refractivity contribution < 1.29 is 19.1 Å². The molecule has 0 aliphatic heterocycles. The molecule has 0 aliphatic rings. The van der Waals surface area contributed by atoms with Gasteiger partial charge in [-0.05, 0) is 67.9 Å². The molecule has 11 heteroatoms.